The quantitative estimate of drug-likeness (QED) is 0.604. The van der Waals surface area contributed by atoms with Gasteiger partial charge < -0.3 is 4.90 Å². The molecule has 2 nitrogen and oxygen atoms in total. The molecule has 14 heavy (non-hydrogen) atoms. The number of anilines is 1. The molecular weight excluding hydrogens is 172 g/mol. The normalized spacial score (nSPS) is 23.1. The summed E-state index contributed by atoms with van der Waals surface area (Å²) in [5.41, 5.74) is 2.75. The van der Waals surface area contributed by atoms with Crippen molar-refractivity contribution in [3.05, 3.63) is 42.1 Å². The first kappa shape index (κ1) is 7.80. The zero-order valence-electron chi connectivity index (χ0n) is 7.93. The van der Waals surface area contributed by atoms with Gasteiger partial charge in [0.1, 0.15) is 6.17 Å². The van der Waals surface area contributed by atoms with E-state index in [1.54, 1.807) is 0 Å². The van der Waals surface area contributed by atoms with Crippen molar-refractivity contribution in [2.24, 2.45) is 4.99 Å². The molecule has 70 valence electrons. The van der Waals surface area contributed by atoms with E-state index in [2.05, 4.69) is 40.4 Å². The summed E-state index contributed by atoms with van der Waals surface area (Å²) >= 11 is 0. The van der Waals surface area contributed by atoms with Crippen molar-refractivity contribution < 1.29 is 0 Å². The van der Waals surface area contributed by atoms with Gasteiger partial charge in [0, 0.05) is 18.1 Å². The Morgan fingerprint density at radius 2 is 2.21 bits per heavy atom. The van der Waals surface area contributed by atoms with Gasteiger partial charge in [-0.05, 0) is 30.5 Å². The lowest BCUT2D eigenvalue weighted by atomic mass is 9.99. The number of benzene rings is 1. The third-order valence-electron chi connectivity index (χ3n) is 2.85. The van der Waals surface area contributed by atoms with E-state index >= 15 is 0 Å². The molecule has 0 N–H and O–H groups in total. The van der Waals surface area contributed by atoms with E-state index < -0.39 is 0 Å². The molecular formula is C12H12N2. The van der Waals surface area contributed by atoms with Gasteiger partial charge in [-0.25, -0.2) is 0 Å². The Morgan fingerprint density at radius 1 is 1.29 bits per heavy atom. The van der Waals surface area contributed by atoms with Crippen molar-refractivity contribution >= 4 is 11.9 Å². The van der Waals surface area contributed by atoms with Gasteiger partial charge in [-0.2, -0.15) is 0 Å². The highest BCUT2D eigenvalue weighted by Gasteiger charge is 2.24. The van der Waals surface area contributed by atoms with Crippen molar-refractivity contribution in [2.75, 3.05) is 4.90 Å². The van der Waals surface area contributed by atoms with Gasteiger partial charge in [-0.15, -0.1) is 0 Å². The van der Waals surface area contributed by atoms with Crippen LogP contribution in [0.4, 0.5) is 5.69 Å². The fraction of sp³-hybridized carbons (Fsp3) is 0.250. The lowest BCUT2D eigenvalue weighted by molar-refractivity contribution is 0.592. The maximum absolute atomic E-state index is 4.46. The van der Waals surface area contributed by atoms with Crippen LogP contribution in [0.2, 0.25) is 0 Å². The molecule has 0 aromatic heterocycles. The first-order chi connectivity index (χ1) is 6.95. The van der Waals surface area contributed by atoms with Gasteiger partial charge in [0.05, 0.1) is 0 Å². The Labute approximate surface area is 83.6 Å². The molecule has 0 spiro atoms. The van der Waals surface area contributed by atoms with E-state index in [0.717, 1.165) is 12.8 Å². The van der Waals surface area contributed by atoms with Crippen molar-refractivity contribution in [1.82, 2.24) is 0 Å². The number of para-hydroxylation sites is 1. The predicted molar refractivity (Wildman–Crippen MR) is 58.7 cm³/mol. The largest absolute Gasteiger partial charge is 0.325 e. The summed E-state index contributed by atoms with van der Waals surface area (Å²) in [6, 6.07) is 8.58. The van der Waals surface area contributed by atoms with Crippen molar-refractivity contribution in [1.29, 1.82) is 0 Å². The third-order valence-corrected chi connectivity index (χ3v) is 2.85. The Bertz CT molecular complexity index is 407. The summed E-state index contributed by atoms with van der Waals surface area (Å²) in [6.07, 6.45) is 8.61. The molecule has 0 fully saturated rings. The lowest BCUT2D eigenvalue weighted by Gasteiger charge is -2.35. The molecule has 1 unspecified atom stereocenters. The van der Waals surface area contributed by atoms with Gasteiger partial charge in [0.2, 0.25) is 0 Å². The molecule has 0 saturated heterocycles. The summed E-state index contributed by atoms with van der Waals surface area (Å²) in [5.74, 6) is 0. The topological polar surface area (TPSA) is 15.6 Å². The van der Waals surface area contributed by atoms with E-state index in [9.17, 15) is 0 Å². The van der Waals surface area contributed by atoms with Crippen LogP contribution in [0.3, 0.4) is 0 Å². The van der Waals surface area contributed by atoms with Gasteiger partial charge in [-0.3, -0.25) is 4.99 Å². The van der Waals surface area contributed by atoms with Crippen LogP contribution in [0.5, 0.6) is 0 Å². The summed E-state index contributed by atoms with van der Waals surface area (Å²) < 4.78 is 0. The molecule has 1 atom stereocenters. The van der Waals surface area contributed by atoms with Crippen LogP contribution < -0.4 is 4.90 Å². The SMILES string of the molecule is C1=CN2c3ccccc3CCC2N=C1. The Balaban J connectivity index is 2.09. The molecule has 2 aliphatic rings. The Hall–Kier alpha value is -1.57. The van der Waals surface area contributed by atoms with E-state index in [-0.39, 0.29) is 0 Å². The average molecular weight is 184 g/mol. The van der Waals surface area contributed by atoms with Crippen LogP contribution >= 0.6 is 0 Å². The van der Waals surface area contributed by atoms with E-state index in [0.29, 0.717) is 6.17 Å². The van der Waals surface area contributed by atoms with E-state index in [1.165, 1.54) is 11.3 Å². The molecule has 0 bridgehead atoms. The molecule has 0 aliphatic carbocycles. The number of hydrogen-bond donors (Lipinski definition) is 0. The van der Waals surface area contributed by atoms with Gasteiger partial charge in [-0.1, -0.05) is 18.2 Å². The lowest BCUT2D eigenvalue weighted by Crippen LogP contribution is -2.35. The highest BCUT2D eigenvalue weighted by Crippen LogP contribution is 2.31. The second-order valence-electron chi connectivity index (χ2n) is 3.69. The van der Waals surface area contributed by atoms with Crippen molar-refractivity contribution in [2.45, 2.75) is 19.0 Å². The van der Waals surface area contributed by atoms with Crippen molar-refractivity contribution in [3.63, 3.8) is 0 Å². The molecule has 2 heteroatoms. The molecule has 2 aliphatic heterocycles. The summed E-state index contributed by atoms with van der Waals surface area (Å²) in [4.78, 5) is 6.73. The van der Waals surface area contributed by atoms with Crippen LogP contribution in [0.25, 0.3) is 0 Å². The van der Waals surface area contributed by atoms with Crippen LogP contribution in [0.1, 0.15) is 12.0 Å². The van der Waals surface area contributed by atoms with Gasteiger partial charge in [0.25, 0.3) is 0 Å². The van der Waals surface area contributed by atoms with E-state index in [4.69, 9.17) is 0 Å². The van der Waals surface area contributed by atoms with Gasteiger partial charge >= 0.3 is 0 Å². The highest BCUT2D eigenvalue weighted by molar-refractivity contribution is 5.75. The summed E-state index contributed by atoms with van der Waals surface area (Å²) in [5, 5.41) is 0. The highest BCUT2D eigenvalue weighted by atomic mass is 15.2. The smallest absolute Gasteiger partial charge is 0.125 e. The number of aryl methyl sites for hydroxylation is 1. The second kappa shape index (κ2) is 2.98. The number of rotatable bonds is 0. The standard InChI is InChI=1S/C12H12N2/c1-2-5-11-10(4-1)6-7-12-13-8-3-9-14(11)12/h1-5,8-9,12H,6-7H2. The minimum Gasteiger partial charge on any atom is -0.325 e. The predicted octanol–water partition coefficient (Wildman–Crippen LogP) is 2.36. The summed E-state index contributed by atoms with van der Waals surface area (Å²) in [7, 11) is 0. The number of hydrogen-bond acceptors (Lipinski definition) is 2. The number of fused-ring (bicyclic) bond motifs is 3. The second-order valence-corrected chi connectivity index (χ2v) is 3.69. The molecule has 1 aromatic rings. The number of allylic oxidation sites excluding steroid dienone is 1. The first-order valence-corrected chi connectivity index (χ1v) is 5.01. The van der Waals surface area contributed by atoms with E-state index in [1.807, 2.05) is 12.3 Å². The molecule has 2 heterocycles. The monoisotopic (exact) mass is 184 g/mol. The molecule has 0 amide bonds. The molecule has 0 saturated carbocycles. The van der Waals surface area contributed by atoms with Crippen molar-refractivity contribution in [3.8, 4) is 0 Å². The van der Waals surface area contributed by atoms with Crippen LogP contribution in [0, 0.1) is 0 Å². The minimum atomic E-state index is 0.329. The zero-order valence-corrected chi connectivity index (χ0v) is 7.93. The Morgan fingerprint density at radius 3 is 3.21 bits per heavy atom. The molecule has 1 aromatic carbocycles. The molecule has 3 rings (SSSR count). The maximum atomic E-state index is 4.46. The maximum Gasteiger partial charge on any atom is 0.125 e. The van der Waals surface area contributed by atoms with Crippen LogP contribution in [-0.4, -0.2) is 12.4 Å². The first-order valence-electron chi connectivity index (χ1n) is 5.01. The number of nitrogens with zero attached hydrogens (tertiary/aromatic N) is 2. The van der Waals surface area contributed by atoms with Crippen LogP contribution in [0.15, 0.2) is 41.5 Å². The summed E-state index contributed by atoms with van der Waals surface area (Å²) in [6.45, 7) is 0. The zero-order chi connectivity index (χ0) is 9.38. The minimum absolute atomic E-state index is 0.329. The molecule has 0 radical (unpaired) electrons. The van der Waals surface area contributed by atoms with Gasteiger partial charge in [0.15, 0.2) is 0 Å². The number of aliphatic imine (C=N–C) groups is 1. The average Bonchev–Trinajstić information content (AvgIpc) is 2.29. The fourth-order valence-electron chi connectivity index (χ4n) is 2.16. The Kier molecular flexibility index (Phi) is 1.66. The fourth-order valence-corrected chi connectivity index (χ4v) is 2.16. The third kappa shape index (κ3) is 1.07. The van der Waals surface area contributed by atoms with Crippen LogP contribution in [-0.2, 0) is 6.42 Å².